The molecule has 0 radical (unpaired) electrons. The number of ether oxygens (including phenoxy) is 1. The van der Waals surface area contributed by atoms with Crippen molar-refractivity contribution >= 4 is 5.97 Å². The zero-order valence-electron chi connectivity index (χ0n) is 6.39. The number of esters is 1. The van der Waals surface area contributed by atoms with Crippen LogP contribution in [0.3, 0.4) is 0 Å². The fourth-order valence-electron chi connectivity index (χ4n) is 0.661. The molecule has 1 heterocycles. The maximum atomic E-state index is 10.7. The van der Waals surface area contributed by atoms with Crippen molar-refractivity contribution in [3.8, 4) is 0 Å². The second-order valence-corrected chi connectivity index (χ2v) is 2.07. The zero-order valence-corrected chi connectivity index (χ0v) is 6.39. The number of hydrogen-bond acceptors (Lipinski definition) is 6. The van der Waals surface area contributed by atoms with Crippen LogP contribution in [0.1, 0.15) is 5.82 Å². The van der Waals surface area contributed by atoms with Crippen molar-refractivity contribution in [2.45, 2.75) is 12.5 Å². The first-order chi connectivity index (χ1) is 5.74. The van der Waals surface area contributed by atoms with Gasteiger partial charge in [-0.05, 0) is 0 Å². The molecule has 7 heteroatoms. The van der Waals surface area contributed by atoms with Crippen molar-refractivity contribution in [3.63, 3.8) is 0 Å². The molecular weight excluding hydrogens is 164 g/mol. The third-order valence-corrected chi connectivity index (χ3v) is 1.24. The monoisotopic (exact) mass is 172 g/mol. The number of aliphatic hydroxyl groups excluding tert-OH is 1. The average Bonchev–Trinajstić information content (AvgIpc) is 2.55. The van der Waals surface area contributed by atoms with Gasteiger partial charge < -0.3 is 9.84 Å². The molecule has 0 amide bonds. The average molecular weight is 172 g/mol. The number of methoxy groups -OCH3 is 1. The van der Waals surface area contributed by atoms with E-state index in [4.69, 9.17) is 5.11 Å². The van der Waals surface area contributed by atoms with Gasteiger partial charge in [0.25, 0.3) is 0 Å². The Labute approximate surface area is 67.7 Å². The minimum absolute atomic E-state index is 0.00315. The Hall–Kier alpha value is -1.50. The van der Waals surface area contributed by atoms with Crippen molar-refractivity contribution < 1.29 is 14.6 Å². The smallest absolute Gasteiger partial charge is 0.335 e. The third kappa shape index (κ3) is 1.99. The Morgan fingerprint density at radius 1 is 1.83 bits per heavy atom. The normalized spacial score (nSPS) is 12.5. The first-order valence-electron chi connectivity index (χ1n) is 3.22. The van der Waals surface area contributed by atoms with Crippen molar-refractivity contribution in [2.24, 2.45) is 0 Å². The van der Waals surface area contributed by atoms with Crippen molar-refractivity contribution in [3.05, 3.63) is 5.82 Å². The van der Waals surface area contributed by atoms with E-state index in [1.54, 1.807) is 0 Å². The number of aliphatic hydroxyl groups is 1. The van der Waals surface area contributed by atoms with E-state index in [0.717, 1.165) is 0 Å². The Balaban J connectivity index is 2.47. The van der Waals surface area contributed by atoms with Gasteiger partial charge in [-0.15, -0.1) is 10.2 Å². The largest absolute Gasteiger partial charge is 0.467 e. The van der Waals surface area contributed by atoms with Gasteiger partial charge in [0.1, 0.15) is 0 Å². The lowest BCUT2D eigenvalue weighted by molar-refractivity contribution is -0.150. The summed E-state index contributed by atoms with van der Waals surface area (Å²) in [7, 11) is 1.20. The van der Waals surface area contributed by atoms with Gasteiger partial charge in [-0.2, -0.15) is 5.21 Å². The van der Waals surface area contributed by atoms with Gasteiger partial charge in [0.2, 0.25) is 0 Å². The summed E-state index contributed by atoms with van der Waals surface area (Å²) < 4.78 is 4.29. The number of carbonyl (C=O) groups is 1. The molecule has 0 bridgehead atoms. The zero-order chi connectivity index (χ0) is 8.97. The Bertz CT molecular complexity index is 247. The van der Waals surface area contributed by atoms with Crippen molar-refractivity contribution in [1.29, 1.82) is 0 Å². The number of hydrogen-bond donors (Lipinski definition) is 2. The second-order valence-electron chi connectivity index (χ2n) is 2.07. The highest BCUT2D eigenvalue weighted by Crippen LogP contribution is 1.95. The number of aromatic amines is 1. The molecule has 0 spiro atoms. The van der Waals surface area contributed by atoms with Crippen LogP contribution >= 0.6 is 0 Å². The topological polar surface area (TPSA) is 101 Å². The first kappa shape index (κ1) is 8.60. The van der Waals surface area contributed by atoms with Gasteiger partial charge in [-0.3, -0.25) is 0 Å². The van der Waals surface area contributed by atoms with Crippen LogP contribution in [0.4, 0.5) is 0 Å². The van der Waals surface area contributed by atoms with E-state index in [0.29, 0.717) is 0 Å². The van der Waals surface area contributed by atoms with Crippen molar-refractivity contribution in [2.75, 3.05) is 7.11 Å². The van der Waals surface area contributed by atoms with E-state index >= 15 is 0 Å². The Morgan fingerprint density at radius 2 is 2.58 bits per heavy atom. The van der Waals surface area contributed by atoms with E-state index in [1.807, 2.05) is 0 Å². The van der Waals surface area contributed by atoms with Crippen LogP contribution in [-0.2, 0) is 16.0 Å². The lowest BCUT2D eigenvalue weighted by Crippen LogP contribution is -2.24. The second kappa shape index (κ2) is 3.77. The molecular formula is C5H8N4O3. The van der Waals surface area contributed by atoms with Gasteiger partial charge >= 0.3 is 5.97 Å². The molecule has 7 nitrogen and oxygen atoms in total. The van der Waals surface area contributed by atoms with Crippen LogP contribution in [-0.4, -0.2) is 44.9 Å². The van der Waals surface area contributed by atoms with E-state index < -0.39 is 12.1 Å². The number of carbonyl (C=O) groups excluding carboxylic acids is 1. The molecule has 0 saturated heterocycles. The summed E-state index contributed by atoms with van der Waals surface area (Å²) in [5, 5.41) is 21.7. The summed E-state index contributed by atoms with van der Waals surface area (Å²) in [6.45, 7) is 0. The van der Waals surface area contributed by atoms with Crippen LogP contribution in [0, 0.1) is 0 Å². The lowest BCUT2D eigenvalue weighted by atomic mass is 10.2. The molecule has 0 saturated carbocycles. The maximum absolute atomic E-state index is 10.7. The highest BCUT2D eigenvalue weighted by Gasteiger charge is 2.17. The molecule has 2 N–H and O–H groups in total. The van der Waals surface area contributed by atoms with Crippen LogP contribution in [0.25, 0.3) is 0 Å². The quantitative estimate of drug-likeness (QED) is 0.526. The molecule has 66 valence electrons. The predicted molar refractivity (Wildman–Crippen MR) is 35.9 cm³/mol. The number of aromatic nitrogens is 4. The Kier molecular flexibility index (Phi) is 2.70. The van der Waals surface area contributed by atoms with Crippen LogP contribution < -0.4 is 0 Å². The standard InChI is InChI=1S/C5H8N4O3/c1-12-5(11)3(10)2-4-6-8-9-7-4/h3,10H,2H2,1H3,(H,6,7,8,9). The van der Waals surface area contributed by atoms with Gasteiger partial charge in [0, 0.05) is 6.42 Å². The first-order valence-corrected chi connectivity index (χ1v) is 3.22. The van der Waals surface area contributed by atoms with Crippen LogP contribution in [0.15, 0.2) is 0 Å². The molecule has 1 unspecified atom stereocenters. The summed E-state index contributed by atoms with van der Waals surface area (Å²) >= 11 is 0. The number of nitrogens with zero attached hydrogens (tertiary/aromatic N) is 3. The lowest BCUT2D eigenvalue weighted by Gasteiger charge is -2.03. The fourth-order valence-corrected chi connectivity index (χ4v) is 0.661. The summed E-state index contributed by atoms with van der Waals surface area (Å²) in [5.74, 6) is -0.437. The van der Waals surface area contributed by atoms with Crippen LogP contribution in [0.5, 0.6) is 0 Å². The Morgan fingerprint density at radius 3 is 3.08 bits per heavy atom. The van der Waals surface area contributed by atoms with Gasteiger partial charge in [0.05, 0.1) is 7.11 Å². The molecule has 1 rings (SSSR count). The molecule has 1 aromatic heterocycles. The summed E-state index contributed by atoms with van der Waals surface area (Å²) in [4.78, 5) is 10.7. The SMILES string of the molecule is COC(=O)C(O)Cc1nn[nH]n1. The van der Waals surface area contributed by atoms with E-state index in [2.05, 4.69) is 25.4 Å². The van der Waals surface area contributed by atoms with Gasteiger partial charge in [-0.25, -0.2) is 4.79 Å². The highest BCUT2D eigenvalue weighted by atomic mass is 16.5. The fraction of sp³-hybridized carbons (Fsp3) is 0.600. The molecule has 1 atom stereocenters. The predicted octanol–water partition coefficient (Wildman–Crippen LogP) is -1.72. The summed E-state index contributed by atoms with van der Waals surface area (Å²) in [6.07, 6.45) is -1.23. The van der Waals surface area contributed by atoms with Crippen LogP contribution in [0.2, 0.25) is 0 Å². The molecule has 0 aliphatic carbocycles. The molecule has 0 aliphatic heterocycles. The molecule has 12 heavy (non-hydrogen) atoms. The van der Waals surface area contributed by atoms with E-state index in [-0.39, 0.29) is 12.2 Å². The third-order valence-electron chi connectivity index (χ3n) is 1.24. The summed E-state index contributed by atoms with van der Waals surface area (Å²) in [5.41, 5.74) is 0. The number of H-pyrrole nitrogens is 1. The minimum Gasteiger partial charge on any atom is -0.467 e. The number of nitrogens with one attached hydrogen (secondary N) is 1. The molecule has 0 aliphatic rings. The maximum Gasteiger partial charge on any atom is 0.335 e. The molecule has 1 aromatic rings. The molecule has 0 aromatic carbocycles. The van der Waals surface area contributed by atoms with Gasteiger partial charge in [0.15, 0.2) is 11.9 Å². The van der Waals surface area contributed by atoms with Crippen molar-refractivity contribution in [1.82, 2.24) is 20.6 Å². The summed E-state index contributed by atoms with van der Waals surface area (Å²) in [6, 6.07) is 0. The number of rotatable bonds is 3. The highest BCUT2D eigenvalue weighted by molar-refractivity contribution is 5.74. The van der Waals surface area contributed by atoms with E-state index in [1.165, 1.54) is 7.11 Å². The minimum atomic E-state index is -1.23. The van der Waals surface area contributed by atoms with Gasteiger partial charge in [-0.1, -0.05) is 5.21 Å². The molecule has 0 fully saturated rings. The number of tetrazole rings is 1. The van der Waals surface area contributed by atoms with E-state index in [9.17, 15) is 4.79 Å².